The van der Waals surface area contributed by atoms with E-state index >= 15 is 0 Å². The van der Waals surface area contributed by atoms with Gasteiger partial charge < -0.3 is 15.6 Å². The lowest BCUT2D eigenvalue weighted by atomic mass is 10.1. The summed E-state index contributed by atoms with van der Waals surface area (Å²) in [5.41, 5.74) is 8.92. The monoisotopic (exact) mass is 404 g/mol. The van der Waals surface area contributed by atoms with Gasteiger partial charge >= 0.3 is 0 Å². The number of nitrogens with zero attached hydrogens (tertiary/aromatic N) is 2. The van der Waals surface area contributed by atoms with Gasteiger partial charge in [0, 0.05) is 52.4 Å². The molecule has 4 aromatic rings. The van der Waals surface area contributed by atoms with Crippen LogP contribution in [0.15, 0.2) is 48.7 Å². The minimum Gasteiger partial charge on any atom is -0.340 e. The molecule has 0 amide bonds. The molecule has 132 valence electrons. The second-order valence-electron chi connectivity index (χ2n) is 5.94. The highest BCUT2D eigenvalue weighted by Crippen LogP contribution is 2.33. The van der Waals surface area contributed by atoms with Crippen LogP contribution in [0.2, 0.25) is 15.1 Å². The van der Waals surface area contributed by atoms with Gasteiger partial charge in [0.05, 0.1) is 15.6 Å². The smallest absolute Gasteiger partial charge is 0.131 e. The molecular formula is C19H15Cl3N4. The molecule has 0 unspecified atom stereocenters. The lowest BCUT2D eigenvalue weighted by Crippen LogP contribution is -2.09. The second kappa shape index (κ2) is 6.97. The zero-order valence-electron chi connectivity index (χ0n) is 13.6. The van der Waals surface area contributed by atoms with Gasteiger partial charge in [-0.05, 0) is 30.3 Å². The minimum absolute atomic E-state index is 0.424. The van der Waals surface area contributed by atoms with Gasteiger partial charge in [0.2, 0.25) is 0 Å². The van der Waals surface area contributed by atoms with Gasteiger partial charge in [-0.1, -0.05) is 40.9 Å². The number of halogens is 3. The summed E-state index contributed by atoms with van der Waals surface area (Å²) in [5, 5.41) is 7.10. The van der Waals surface area contributed by atoms with Crippen LogP contribution in [0, 0.1) is 0 Å². The molecule has 0 aliphatic carbocycles. The molecule has 2 heterocycles. The quantitative estimate of drug-likeness (QED) is 0.447. The van der Waals surface area contributed by atoms with Crippen LogP contribution in [0.3, 0.4) is 0 Å². The Hall–Kier alpha value is -1.98. The fraction of sp³-hybridized carbons (Fsp3) is 0.105. The third-order valence-corrected chi connectivity index (χ3v) is 5.21. The summed E-state index contributed by atoms with van der Waals surface area (Å²) in [6.45, 7) is 1.27. The molecule has 0 saturated heterocycles. The van der Waals surface area contributed by atoms with Crippen molar-refractivity contribution in [2.75, 3.05) is 11.9 Å². The summed E-state index contributed by atoms with van der Waals surface area (Å²) in [7, 11) is 0. The number of hydrogen-bond donors (Lipinski definition) is 2. The van der Waals surface area contributed by atoms with Crippen LogP contribution in [-0.4, -0.2) is 16.1 Å². The molecule has 0 aliphatic heterocycles. The molecule has 3 N–H and O–H groups in total. The first-order valence-corrected chi connectivity index (χ1v) is 9.20. The van der Waals surface area contributed by atoms with Crippen molar-refractivity contribution < 1.29 is 0 Å². The number of nitrogens with one attached hydrogen (secondary N) is 1. The molecule has 0 fully saturated rings. The van der Waals surface area contributed by atoms with Gasteiger partial charge in [0.15, 0.2) is 0 Å². The van der Waals surface area contributed by atoms with Crippen molar-refractivity contribution in [2.24, 2.45) is 5.73 Å². The van der Waals surface area contributed by atoms with Crippen molar-refractivity contribution in [3.63, 3.8) is 0 Å². The summed E-state index contributed by atoms with van der Waals surface area (Å²) in [4.78, 5) is 4.26. The molecule has 0 atom stereocenters. The molecule has 0 bridgehead atoms. The normalized spacial score (nSPS) is 11.4. The molecule has 4 rings (SSSR count). The predicted molar refractivity (Wildman–Crippen MR) is 111 cm³/mol. The van der Waals surface area contributed by atoms with Crippen LogP contribution in [-0.2, 0) is 6.54 Å². The summed E-state index contributed by atoms with van der Waals surface area (Å²) in [6, 6.07) is 13.8. The zero-order chi connectivity index (χ0) is 18.3. The molecule has 4 nitrogen and oxygen atoms in total. The molecule has 2 aromatic heterocycles. The average Bonchev–Trinajstić information content (AvgIpc) is 2.91. The van der Waals surface area contributed by atoms with Gasteiger partial charge in [0.1, 0.15) is 5.82 Å². The van der Waals surface area contributed by atoms with Gasteiger partial charge in [0.25, 0.3) is 0 Å². The topological polar surface area (TPSA) is 55.9 Å². The third-order valence-electron chi connectivity index (χ3n) is 4.26. The second-order valence-corrected chi connectivity index (χ2v) is 7.19. The first kappa shape index (κ1) is 17.4. The van der Waals surface area contributed by atoms with Gasteiger partial charge in [-0.2, -0.15) is 0 Å². The highest BCUT2D eigenvalue weighted by molar-refractivity contribution is 6.42. The molecule has 0 radical (unpaired) electrons. The number of anilines is 2. The Morgan fingerprint density at radius 3 is 2.54 bits per heavy atom. The summed E-state index contributed by atoms with van der Waals surface area (Å²) >= 11 is 18.2. The highest BCUT2D eigenvalue weighted by atomic mass is 35.5. The summed E-state index contributed by atoms with van der Waals surface area (Å²) < 4.78 is 2.20. The first-order chi connectivity index (χ1) is 12.6. The fourth-order valence-corrected chi connectivity index (χ4v) is 3.58. The van der Waals surface area contributed by atoms with Crippen LogP contribution >= 0.6 is 34.8 Å². The van der Waals surface area contributed by atoms with E-state index in [-0.39, 0.29) is 0 Å². The molecule has 2 aromatic carbocycles. The van der Waals surface area contributed by atoms with Crippen molar-refractivity contribution in [2.45, 2.75) is 6.54 Å². The Morgan fingerprint density at radius 2 is 1.77 bits per heavy atom. The number of hydrogen-bond acceptors (Lipinski definition) is 3. The fourth-order valence-electron chi connectivity index (χ4n) is 3.15. The number of nitrogens with two attached hydrogens (primary N) is 1. The van der Waals surface area contributed by atoms with Crippen molar-refractivity contribution in [1.82, 2.24) is 9.55 Å². The van der Waals surface area contributed by atoms with E-state index in [1.54, 1.807) is 6.07 Å². The predicted octanol–water partition coefficient (Wildman–Crippen LogP) is 5.85. The lowest BCUT2D eigenvalue weighted by Gasteiger charge is -2.09. The number of fused-ring (bicyclic) bond motifs is 3. The van der Waals surface area contributed by atoms with Crippen molar-refractivity contribution in [3.8, 4) is 0 Å². The Balaban J connectivity index is 1.84. The number of aromatic nitrogens is 2. The zero-order valence-corrected chi connectivity index (χ0v) is 15.9. The van der Waals surface area contributed by atoms with Crippen molar-refractivity contribution in [3.05, 3.63) is 63.7 Å². The SMILES string of the molecule is NCCn1c2ccc(Cl)cc2c2ccc(Nc3cc(Cl)c(Cl)cn3)cc21. The molecule has 7 heteroatoms. The lowest BCUT2D eigenvalue weighted by molar-refractivity contribution is 0.758. The van der Waals surface area contributed by atoms with E-state index in [0.717, 1.165) is 34.0 Å². The summed E-state index contributed by atoms with van der Waals surface area (Å²) in [6.07, 6.45) is 1.53. The molecular weight excluding hydrogens is 391 g/mol. The van der Waals surface area contributed by atoms with Crippen molar-refractivity contribution in [1.29, 1.82) is 0 Å². The standard InChI is InChI=1S/C19H15Cl3N4/c20-11-1-4-17-14(7-11)13-3-2-12(8-18(13)26(17)6-5-23)25-19-9-15(21)16(22)10-24-19/h1-4,7-10H,5-6,23H2,(H,24,25). The molecule has 0 spiro atoms. The highest BCUT2D eigenvalue weighted by Gasteiger charge is 2.12. The third kappa shape index (κ3) is 3.10. The molecule has 26 heavy (non-hydrogen) atoms. The van der Waals surface area contributed by atoms with E-state index in [0.29, 0.717) is 27.4 Å². The van der Waals surface area contributed by atoms with E-state index < -0.39 is 0 Å². The first-order valence-electron chi connectivity index (χ1n) is 8.06. The van der Waals surface area contributed by atoms with Gasteiger partial charge in [-0.3, -0.25) is 0 Å². The van der Waals surface area contributed by atoms with Crippen molar-refractivity contribution >= 4 is 68.1 Å². The average molecular weight is 406 g/mol. The minimum atomic E-state index is 0.424. The van der Waals surface area contributed by atoms with Gasteiger partial charge in [-0.25, -0.2) is 4.98 Å². The van der Waals surface area contributed by atoms with Crippen LogP contribution in [0.25, 0.3) is 21.8 Å². The summed E-state index contributed by atoms with van der Waals surface area (Å²) in [5.74, 6) is 0.628. The van der Waals surface area contributed by atoms with Crippen LogP contribution in [0.1, 0.15) is 0 Å². The van der Waals surface area contributed by atoms with Crippen LogP contribution in [0.4, 0.5) is 11.5 Å². The van der Waals surface area contributed by atoms with E-state index in [1.807, 2.05) is 24.3 Å². The van der Waals surface area contributed by atoms with Crippen LogP contribution < -0.4 is 11.1 Å². The van der Waals surface area contributed by atoms with Crippen LogP contribution in [0.5, 0.6) is 0 Å². The van der Waals surface area contributed by atoms with E-state index in [4.69, 9.17) is 40.5 Å². The Bertz CT molecular complexity index is 1120. The van der Waals surface area contributed by atoms with E-state index in [1.165, 1.54) is 6.20 Å². The Morgan fingerprint density at radius 1 is 0.923 bits per heavy atom. The van der Waals surface area contributed by atoms with E-state index in [2.05, 4.69) is 27.0 Å². The maximum Gasteiger partial charge on any atom is 0.131 e. The van der Waals surface area contributed by atoms with E-state index in [9.17, 15) is 0 Å². The number of benzene rings is 2. The number of rotatable bonds is 4. The Labute approximate surface area is 165 Å². The molecule has 0 aliphatic rings. The molecule has 0 saturated carbocycles. The number of pyridine rings is 1. The maximum absolute atomic E-state index is 6.19. The van der Waals surface area contributed by atoms with Gasteiger partial charge in [-0.15, -0.1) is 0 Å². The Kier molecular flexibility index (Phi) is 4.67. The maximum atomic E-state index is 6.19. The largest absolute Gasteiger partial charge is 0.340 e.